The molecular formula is C20H20BrN3O2. The molecular weight excluding hydrogens is 394 g/mol. The number of methoxy groups -OCH3 is 1. The van der Waals surface area contributed by atoms with Crippen molar-refractivity contribution in [3.05, 3.63) is 75.5 Å². The Bertz CT molecular complexity index is 915. The Kier molecular flexibility index (Phi) is 5.42. The fourth-order valence-electron chi connectivity index (χ4n) is 2.66. The lowest BCUT2D eigenvalue weighted by Gasteiger charge is -2.08. The minimum atomic E-state index is -0.109. The summed E-state index contributed by atoms with van der Waals surface area (Å²) in [5, 5.41) is 7.43. The van der Waals surface area contributed by atoms with Crippen molar-refractivity contribution in [3.63, 3.8) is 0 Å². The summed E-state index contributed by atoms with van der Waals surface area (Å²) in [6.07, 6.45) is 0. The second kappa shape index (κ2) is 7.74. The summed E-state index contributed by atoms with van der Waals surface area (Å²) in [7, 11) is 1.63. The van der Waals surface area contributed by atoms with Crippen LogP contribution >= 0.6 is 15.9 Å². The molecule has 3 rings (SSSR count). The maximum absolute atomic E-state index is 12.3. The van der Waals surface area contributed by atoms with E-state index in [9.17, 15) is 4.79 Å². The second-order valence-corrected chi connectivity index (χ2v) is 6.77. The van der Waals surface area contributed by atoms with Gasteiger partial charge in [-0.25, -0.2) is 4.68 Å². The van der Waals surface area contributed by atoms with Crippen molar-refractivity contribution in [1.29, 1.82) is 0 Å². The van der Waals surface area contributed by atoms with Gasteiger partial charge in [-0.15, -0.1) is 0 Å². The first-order valence-corrected chi connectivity index (χ1v) is 9.02. The zero-order valence-corrected chi connectivity index (χ0v) is 16.5. The fraction of sp³-hybridized carbons (Fsp3) is 0.200. The SMILES string of the molecule is COc1ccc(CNC(=O)c2ccc(-n3nc(C)c(Br)c3C)cc2)cc1. The van der Waals surface area contributed by atoms with Gasteiger partial charge < -0.3 is 10.1 Å². The van der Waals surface area contributed by atoms with E-state index >= 15 is 0 Å². The molecule has 0 saturated carbocycles. The maximum Gasteiger partial charge on any atom is 0.251 e. The average Bonchev–Trinajstić information content (AvgIpc) is 2.94. The minimum Gasteiger partial charge on any atom is -0.497 e. The molecule has 26 heavy (non-hydrogen) atoms. The molecule has 0 aliphatic heterocycles. The van der Waals surface area contributed by atoms with Gasteiger partial charge in [0.2, 0.25) is 0 Å². The lowest BCUT2D eigenvalue weighted by atomic mass is 10.1. The van der Waals surface area contributed by atoms with Crippen LogP contribution in [0.3, 0.4) is 0 Å². The molecule has 0 aliphatic carbocycles. The van der Waals surface area contributed by atoms with Gasteiger partial charge in [-0.1, -0.05) is 12.1 Å². The molecule has 0 bridgehead atoms. The van der Waals surface area contributed by atoms with Crippen LogP contribution in [-0.2, 0) is 6.54 Å². The van der Waals surface area contributed by atoms with Crippen LogP contribution in [0.25, 0.3) is 5.69 Å². The number of ether oxygens (including phenoxy) is 1. The van der Waals surface area contributed by atoms with Crippen molar-refractivity contribution in [2.45, 2.75) is 20.4 Å². The number of benzene rings is 2. The number of hydrogen-bond donors (Lipinski definition) is 1. The molecule has 0 radical (unpaired) electrons. The van der Waals surface area contributed by atoms with Crippen molar-refractivity contribution in [2.24, 2.45) is 0 Å². The Labute approximate surface area is 161 Å². The van der Waals surface area contributed by atoms with E-state index in [1.165, 1.54) is 0 Å². The zero-order valence-electron chi connectivity index (χ0n) is 14.9. The van der Waals surface area contributed by atoms with Gasteiger partial charge in [-0.05, 0) is 71.7 Å². The van der Waals surface area contributed by atoms with E-state index in [2.05, 4.69) is 26.3 Å². The summed E-state index contributed by atoms with van der Waals surface area (Å²) in [5.74, 6) is 0.688. The molecule has 134 valence electrons. The molecule has 1 N–H and O–H groups in total. The lowest BCUT2D eigenvalue weighted by molar-refractivity contribution is 0.0951. The first kappa shape index (κ1) is 18.2. The molecule has 3 aromatic rings. The van der Waals surface area contributed by atoms with Crippen LogP contribution in [0.15, 0.2) is 53.0 Å². The standard InChI is InChI=1S/C20H20BrN3O2/c1-13-19(21)14(2)24(23-13)17-8-6-16(7-9-17)20(25)22-12-15-4-10-18(26-3)11-5-15/h4-11H,12H2,1-3H3,(H,22,25). The normalized spacial score (nSPS) is 10.6. The first-order chi connectivity index (χ1) is 12.5. The third-order valence-corrected chi connectivity index (χ3v) is 5.34. The van der Waals surface area contributed by atoms with E-state index in [1.807, 2.05) is 67.1 Å². The van der Waals surface area contributed by atoms with E-state index in [0.29, 0.717) is 12.1 Å². The second-order valence-electron chi connectivity index (χ2n) is 5.97. The Hall–Kier alpha value is -2.60. The van der Waals surface area contributed by atoms with Crippen LogP contribution in [0, 0.1) is 13.8 Å². The number of aromatic nitrogens is 2. The van der Waals surface area contributed by atoms with E-state index in [-0.39, 0.29) is 5.91 Å². The smallest absolute Gasteiger partial charge is 0.251 e. The quantitative estimate of drug-likeness (QED) is 0.681. The molecule has 1 aromatic heterocycles. The maximum atomic E-state index is 12.3. The third-order valence-electron chi connectivity index (χ3n) is 4.19. The molecule has 1 amide bonds. The van der Waals surface area contributed by atoms with Crippen molar-refractivity contribution in [3.8, 4) is 11.4 Å². The highest BCUT2D eigenvalue weighted by Gasteiger charge is 2.11. The van der Waals surface area contributed by atoms with Crippen LogP contribution in [0.1, 0.15) is 27.3 Å². The number of rotatable bonds is 5. The molecule has 0 atom stereocenters. The van der Waals surface area contributed by atoms with Crippen LogP contribution in [0.5, 0.6) is 5.75 Å². The minimum absolute atomic E-state index is 0.109. The van der Waals surface area contributed by atoms with Gasteiger partial charge in [0.05, 0.1) is 28.7 Å². The van der Waals surface area contributed by atoms with Gasteiger partial charge >= 0.3 is 0 Å². The predicted molar refractivity (Wildman–Crippen MR) is 105 cm³/mol. The predicted octanol–water partition coefficient (Wildman–Crippen LogP) is 4.19. The number of amides is 1. The molecule has 2 aromatic carbocycles. The zero-order chi connectivity index (χ0) is 18.7. The van der Waals surface area contributed by atoms with E-state index in [1.54, 1.807) is 7.11 Å². The molecule has 0 saturated heterocycles. The molecule has 1 heterocycles. The van der Waals surface area contributed by atoms with Crippen LogP contribution in [0.4, 0.5) is 0 Å². The number of nitrogens with zero attached hydrogens (tertiary/aromatic N) is 2. The van der Waals surface area contributed by atoms with Crippen molar-refractivity contribution in [2.75, 3.05) is 7.11 Å². The molecule has 0 aliphatic rings. The highest BCUT2D eigenvalue weighted by Crippen LogP contribution is 2.23. The van der Waals surface area contributed by atoms with Crippen LogP contribution < -0.4 is 10.1 Å². The lowest BCUT2D eigenvalue weighted by Crippen LogP contribution is -2.22. The summed E-state index contributed by atoms with van der Waals surface area (Å²) in [5.41, 5.74) is 4.51. The van der Waals surface area contributed by atoms with Crippen molar-refractivity contribution in [1.82, 2.24) is 15.1 Å². The highest BCUT2D eigenvalue weighted by atomic mass is 79.9. The van der Waals surface area contributed by atoms with Gasteiger partial charge in [0.15, 0.2) is 0 Å². The van der Waals surface area contributed by atoms with Gasteiger partial charge in [0, 0.05) is 12.1 Å². The number of carbonyl (C=O) groups excluding carboxylic acids is 1. The molecule has 0 fully saturated rings. The Morgan fingerprint density at radius 1 is 1.12 bits per heavy atom. The monoisotopic (exact) mass is 413 g/mol. The molecule has 0 unspecified atom stereocenters. The van der Waals surface area contributed by atoms with E-state index in [0.717, 1.165) is 32.9 Å². The number of carbonyl (C=O) groups is 1. The summed E-state index contributed by atoms with van der Waals surface area (Å²) in [6.45, 7) is 4.42. The Morgan fingerprint density at radius 2 is 1.77 bits per heavy atom. The van der Waals surface area contributed by atoms with E-state index < -0.39 is 0 Å². The van der Waals surface area contributed by atoms with Gasteiger partial charge in [-0.3, -0.25) is 4.79 Å². The number of hydrogen-bond acceptors (Lipinski definition) is 3. The van der Waals surface area contributed by atoms with Gasteiger partial charge in [-0.2, -0.15) is 5.10 Å². The van der Waals surface area contributed by atoms with Crippen molar-refractivity contribution < 1.29 is 9.53 Å². The van der Waals surface area contributed by atoms with Crippen molar-refractivity contribution >= 4 is 21.8 Å². The highest BCUT2D eigenvalue weighted by molar-refractivity contribution is 9.10. The third kappa shape index (κ3) is 3.80. The summed E-state index contributed by atoms with van der Waals surface area (Å²) >= 11 is 3.53. The summed E-state index contributed by atoms with van der Waals surface area (Å²) in [4.78, 5) is 12.3. The fourth-order valence-corrected chi connectivity index (χ4v) is 2.90. The van der Waals surface area contributed by atoms with Crippen LogP contribution in [-0.4, -0.2) is 22.8 Å². The molecule has 0 spiro atoms. The van der Waals surface area contributed by atoms with E-state index in [4.69, 9.17) is 4.74 Å². The number of aryl methyl sites for hydroxylation is 1. The van der Waals surface area contributed by atoms with Gasteiger partial charge in [0.25, 0.3) is 5.91 Å². The number of halogens is 1. The average molecular weight is 414 g/mol. The topological polar surface area (TPSA) is 56.1 Å². The Morgan fingerprint density at radius 3 is 2.31 bits per heavy atom. The molecule has 6 heteroatoms. The Balaban J connectivity index is 1.67. The molecule has 5 nitrogen and oxygen atoms in total. The summed E-state index contributed by atoms with van der Waals surface area (Å²) in [6, 6.07) is 15.0. The largest absolute Gasteiger partial charge is 0.497 e. The van der Waals surface area contributed by atoms with Crippen LogP contribution in [0.2, 0.25) is 0 Å². The first-order valence-electron chi connectivity index (χ1n) is 8.23. The van der Waals surface area contributed by atoms with Gasteiger partial charge in [0.1, 0.15) is 5.75 Å². The number of nitrogens with one attached hydrogen (secondary N) is 1. The summed E-state index contributed by atoms with van der Waals surface area (Å²) < 4.78 is 7.99.